The van der Waals surface area contributed by atoms with Gasteiger partial charge in [0.1, 0.15) is 0 Å². The molecule has 10 heteroatoms. The maximum absolute atomic E-state index is 13.3. The molecule has 0 saturated carbocycles. The fraction of sp³-hybridized carbons (Fsp3) is 0.368. The second kappa shape index (κ2) is 9.90. The molecule has 2 aromatic rings. The minimum Gasteiger partial charge on any atom is -0.379 e. The van der Waals surface area contributed by atoms with Gasteiger partial charge in [-0.25, -0.2) is 13.1 Å². The molecule has 1 saturated heterocycles. The summed E-state index contributed by atoms with van der Waals surface area (Å²) < 4.78 is 73.4. The topological polar surface area (TPSA) is 58.6 Å². The van der Waals surface area contributed by atoms with Crippen molar-refractivity contribution in [3.8, 4) is 0 Å². The van der Waals surface area contributed by atoms with Crippen LogP contribution in [0.4, 0.5) is 13.2 Å². The number of nitrogens with one attached hydrogen (secondary N) is 1. The molecule has 0 amide bonds. The predicted molar refractivity (Wildman–Crippen MR) is 105 cm³/mol. The van der Waals surface area contributed by atoms with Gasteiger partial charge >= 0.3 is 6.18 Å². The second-order valence-corrected chi connectivity index (χ2v) is 8.17. The van der Waals surface area contributed by atoms with Crippen molar-refractivity contribution in [2.24, 2.45) is 0 Å². The average Bonchev–Trinajstić information content (AvgIpc) is 2.68. The number of nitrogens with zero attached hydrogens (tertiary/aromatic N) is 1. The van der Waals surface area contributed by atoms with Gasteiger partial charge in [-0.15, -0.1) is 12.4 Å². The Labute approximate surface area is 174 Å². The Balaban J connectivity index is 0.00000300. The van der Waals surface area contributed by atoms with E-state index in [9.17, 15) is 21.6 Å². The number of benzene rings is 2. The van der Waals surface area contributed by atoms with Gasteiger partial charge in [-0.2, -0.15) is 13.2 Å². The molecule has 1 N–H and O–H groups in total. The first-order valence-electron chi connectivity index (χ1n) is 8.81. The van der Waals surface area contributed by atoms with Crippen molar-refractivity contribution >= 4 is 22.4 Å². The second-order valence-electron chi connectivity index (χ2n) is 6.49. The van der Waals surface area contributed by atoms with Gasteiger partial charge in [0.25, 0.3) is 0 Å². The fourth-order valence-corrected chi connectivity index (χ4v) is 4.57. The third-order valence-corrected chi connectivity index (χ3v) is 6.06. The molecule has 5 nitrogen and oxygen atoms in total. The molecule has 0 aromatic heterocycles. The fourth-order valence-electron chi connectivity index (χ4n) is 3.12. The Morgan fingerprint density at radius 3 is 2.21 bits per heavy atom. The molecule has 0 bridgehead atoms. The van der Waals surface area contributed by atoms with Crippen LogP contribution in [0.1, 0.15) is 17.2 Å². The number of halogens is 4. The smallest absolute Gasteiger partial charge is 0.379 e. The minimum atomic E-state index is -4.77. The van der Waals surface area contributed by atoms with Crippen molar-refractivity contribution in [2.75, 3.05) is 32.8 Å². The first-order valence-corrected chi connectivity index (χ1v) is 10.3. The molecular formula is C19H22ClF3N2O3S. The molecule has 0 radical (unpaired) electrons. The van der Waals surface area contributed by atoms with E-state index in [1.54, 1.807) is 30.3 Å². The van der Waals surface area contributed by atoms with Gasteiger partial charge in [0.15, 0.2) is 0 Å². The quantitative estimate of drug-likeness (QED) is 0.732. The van der Waals surface area contributed by atoms with Crippen LogP contribution in [0.3, 0.4) is 0 Å². The Morgan fingerprint density at radius 2 is 1.59 bits per heavy atom. The Morgan fingerprint density at radius 1 is 1.00 bits per heavy atom. The Hall–Kier alpha value is -1.65. The molecule has 1 aliphatic heterocycles. The van der Waals surface area contributed by atoms with E-state index in [0.717, 1.165) is 12.1 Å². The standard InChI is InChI=1S/C19H21F3N2O3S.ClH/c20-19(21,22)16-8-4-5-9-18(16)28(25,26)23-17(15-6-2-1-3-7-15)14-24-10-12-27-13-11-24;/h1-9,17,23H,10-14H2;1H. The molecule has 1 atom stereocenters. The lowest BCUT2D eigenvalue weighted by Gasteiger charge is -2.31. The highest BCUT2D eigenvalue weighted by Crippen LogP contribution is 2.34. The van der Waals surface area contributed by atoms with Gasteiger partial charge in [0.2, 0.25) is 10.0 Å². The summed E-state index contributed by atoms with van der Waals surface area (Å²) in [6.07, 6.45) is -4.77. The first kappa shape index (κ1) is 23.6. The summed E-state index contributed by atoms with van der Waals surface area (Å²) in [6.45, 7) is 2.66. The van der Waals surface area contributed by atoms with E-state index in [0.29, 0.717) is 38.4 Å². The Kier molecular flexibility index (Phi) is 8.07. The monoisotopic (exact) mass is 450 g/mol. The van der Waals surface area contributed by atoms with E-state index in [1.165, 1.54) is 12.1 Å². The summed E-state index contributed by atoms with van der Waals surface area (Å²) in [4.78, 5) is 1.25. The number of hydrogen-bond donors (Lipinski definition) is 1. The number of sulfonamides is 1. The number of hydrogen-bond acceptors (Lipinski definition) is 4. The first-order chi connectivity index (χ1) is 13.3. The molecule has 2 aromatic carbocycles. The van der Waals surface area contributed by atoms with Crippen LogP contribution >= 0.6 is 12.4 Å². The molecule has 160 valence electrons. The van der Waals surface area contributed by atoms with Crippen LogP contribution in [0.2, 0.25) is 0 Å². The summed E-state index contributed by atoms with van der Waals surface area (Å²) in [5, 5.41) is 0. The van der Waals surface area contributed by atoms with E-state index >= 15 is 0 Å². The number of ether oxygens (including phenoxy) is 1. The summed E-state index contributed by atoms with van der Waals surface area (Å²) in [7, 11) is -4.40. The van der Waals surface area contributed by atoms with Crippen molar-refractivity contribution in [3.05, 3.63) is 65.7 Å². The van der Waals surface area contributed by atoms with Crippen LogP contribution in [0.15, 0.2) is 59.5 Å². The third kappa shape index (κ3) is 6.16. The minimum absolute atomic E-state index is 0. The van der Waals surface area contributed by atoms with Crippen LogP contribution in [0.25, 0.3) is 0 Å². The lowest BCUT2D eigenvalue weighted by Crippen LogP contribution is -2.43. The number of morpholine rings is 1. The molecule has 1 heterocycles. The van der Waals surface area contributed by atoms with Gasteiger partial charge in [-0.05, 0) is 17.7 Å². The van der Waals surface area contributed by atoms with E-state index in [4.69, 9.17) is 4.74 Å². The highest BCUT2D eigenvalue weighted by Gasteiger charge is 2.37. The largest absolute Gasteiger partial charge is 0.417 e. The van der Waals surface area contributed by atoms with Gasteiger partial charge in [-0.3, -0.25) is 4.90 Å². The maximum atomic E-state index is 13.3. The number of rotatable bonds is 6. The highest BCUT2D eigenvalue weighted by molar-refractivity contribution is 7.89. The van der Waals surface area contributed by atoms with Crippen LogP contribution in [-0.4, -0.2) is 46.2 Å². The van der Waals surface area contributed by atoms with Gasteiger partial charge in [0.05, 0.1) is 29.7 Å². The normalized spacial score (nSPS) is 16.8. The van der Waals surface area contributed by atoms with Gasteiger partial charge < -0.3 is 4.74 Å². The molecule has 3 rings (SSSR count). The van der Waals surface area contributed by atoms with E-state index in [1.807, 2.05) is 4.90 Å². The third-order valence-electron chi connectivity index (χ3n) is 4.53. The van der Waals surface area contributed by atoms with Crippen LogP contribution in [0, 0.1) is 0 Å². The van der Waals surface area contributed by atoms with Gasteiger partial charge in [-0.1, -0.05) is 42.5 Å². The van der Waals surface area contributed by atoms with Crippen molar-refractivity contribution in [1.29, 1.82) is 0 Å². The lowest BCUT2D eigenvalue weighted by atomic mass is 10.1. The van der Waals surface area contributed by atoms with E-state index in [-0.39, 0.29) is 12.4 Å². The van der Waals surface area contributed by atoms with E-state index in [2.05, 4.69) is 4.72 Å². The summed E-state index contributed by atoms with van der Waals surface area (Å²) in [5.74, 6) is 0. The highest BCUT2D eigenvalue weighted by atomic mass is 35.5. The molecule has 1 fully saturated rings. The molecule has 1 aliphatic rings. The van der Waals surface area contributed by atoms with Crippen LogP contribution < -0.4 is 4.72 Å². The molecule has 0 aliphatic carbocycles. The molecular weight excluding hydrogens is 429 g/mol. The summed E-state index contributed by atoms with van der Waals surface area (Å²) in [6, 6.07) is 12.3. The van der Waals surface area contributed by atoms with Crippen LogP contribution in [0.5, 0.6) is 0 Å². The molecule has 1 unspecified atom stereocenters. The van der Waals surface area contributed by atoms with Crippen LogP contribution in [-0.2, 0) is 20.9 Å². The number of alkyl halides is 3. The van der Waals surface area contributed by atoms with Crippen molar-refractivity contribution in [3.63, 3.8) is 0 Å². The SMILES string of the molecule is Cl.O=S(=O)(NC(CN1CCOCC1)c1ccccc1)c1ccccc1C(F)(F)F. The summed E-state index contributed by atoms with van der Waals surface area (Å²) >= 11 is 0. The Bertz CT molecular complexity index is 889. The maximum Gasteiger partial charge on any atom is 0.417 e. The zero-order valence-electron chi connectivity index (χ0n) is 15.4. The van der Waals surface area contributed by atoms with E-state index < -0.39 is 32.7 Å². The van der Waals surface area contributed by atoms with Crippen molar-refractivity contribution in [1.82, 2.24) is 9.62 Å². The zero-order valence-corrected chi connectivity index (χ0v) is 17.1. The molecule has 29 heavy (non-hydrogen) atoms. The van der Waals surface area contributed by atoms with Gasteiger partial charge in [0, 0.05) is 19.6 Å². The average molecular weight is 451 g/mol. The predicted octanol–water partition coefficient (Wildman–Crippen LogP) is 3.48. The zero-order chi connectivity index (χ0) is 20.2. The van der Waals surface area contributed by atoms with Crippen molar-refractivity contribution < 1.29 is 26.3 Å². The summed E-state index contributed by atoms with van der Waals surface area (Å²) in [5.41, 5.74) is -0.497. The molecule has 0 spiro atoms. The lowest BCUT2D eigenvalue weighted by molar-refractivity contribution is -0.139. The van der Waals surface area contributed by atoms with Crippen molar-refractivity contribution in [2.45, 2.75) is 17.1 Å².